The van der Waals surface area contributed by atoms with Gasteiger partial charge in [0.2, 0.25) is 0 Å². The molecule has 0 bridgehead atoms. The molecule has 0 aliphatic carbocycles. The maximum absolute atomic E-state index is 9.21. The molecule has 0 N–H and O–H groups in total. The van der Waals surface area contributed by atoms with Crippen LogP contribution in [-0.4, -0.2) is 0 Å². The molecule has 0 heterocycles. The quantitative estimate of drug-likeness (QED) is 0.236. The van der Waals surface area contributed by atoms with Crippen molar-refractivity contribution in [3.8, 4) is 28.3 Å². The highest BCUT2D eigenvalue weighted by Crippen LogP contribution is 2.40. The van der Waals surface area contributed by atoms with Crippen LogP contribution in [0.3, 0.4) is 0 Å². The normalized spacial score (nSPS) is 10.7. The van der Waals surface area contributed by atoms with Crippen molar-refractivity contribution in [1.29, 1.82) is 5.26 Å². The number of hydrogen-bond acceptors (Lipinski definition) is 1. The smallest absolute Gasteiger partial charge is 0.0992 e. The van der Waals surface area contributed by atoms with Gasteiger partial charge < -0.3 is 0 Å². The predicted octanol–water partition coefficient (Wildman–Crippen LogP) is 8.83. The minimum Gasteiger partial charge on any atom is -0.192 e. The van der Waals surface area contributed by atoms with Gasteiger partial charge in [-0.2, -0.15) is 5.26 Å². The molecule has 0 radical (unpaired) electrons. The van der Waals surface area contributed by atoms with Gasteiger partial charge in [-0.3, -0.25) is 0 Å². The van der Waals surface area contributed by atoms with Gasteiger partial charge in [-0.05, 0) is 189 Å². The van der Waals surface area contributed by atoms with Gasteiger partial charge in [-0.15, -0.1) is 0 Å². The molecule has 0 unspecified atom stereocenters. The van der Waals surface area contributed by atoms with Crippen molar-refractivity contribution in [2.45, 2.75) is 6.92 Å². The zero-order valence-corrected chi connectivity index (χ0v) is 26.6. The summed E-state index contributed by atoms with van der Waals surface area (Å²) in [6, 6.07) is 15.1. The Morgan fingerprint density at radius 3 is 1.70 bits per heavy atom. The third-order valence-electron chi connectivity index (χ3n) is 4.11. The molecule has 136 valence electrons. The van der Waals surface area contributed by atoms with Gasteiger partial charge in [0, 0.05) is 27.0 Å². The Bertz CT molecular complexity index is 1070. The van der Waals surface area contributed by atoms with Crippen molar-refractivity contribution >= 4 is 136 Å². The standard InChI is InChI=1S/C20H9I6N/c1-9-14(21)6-11(7-15(9)22)12-2-3-13(20(26)19(12)25)18-16(23)4-10(8-27)5-17(18)24/h2-7H,1H3. The van der Waals surface area contributed by atoms with E-state index in [0.29, 0.717) is 5.56 Å². The first kappa shape index (κ1) is 23.2. The van der Waals surface area contributed by atoms with Crippen LogP contribution in [-0.2, 0) is 0 Å². The molecule has 0 fully saturated rings. The highest BCUT2D eigenvalue weighted by atomic mass is 127. The van der Waals surface area contributed by atoms with Crippen molar-refractivity contribution in [3.05, 3.63) is 68.9 Å². The van der Waals surface area contributed by atoms with Crippen LogP contribution >= 0.6 is 136 Å². The molecule has 0 aliphatic rings. The highest BCUT2D eigenvalue weighted by molar-refractivity contribution is 14.1. The minimum atomic E-state index is 0.706. The molecule has 3 aromatic rings. The van der Waals surface area contributed by atoms with Gasteiger partial charge in [-0.1, -0.05) is 12.1 Å². The first-order chi connectivity index (χ1) is 12.7. The second kappa shape index (κ2) is 9.77. The van der Waals surface area contributed by atoms with Crippen LogP contribution in [0.15, 0.2) is 36.4 Å². The zero-order chi connectivity index (χ0) is 19.9. The molecule has 3 aromatic carbocycles. The molecule has 0 spiro atoms. The molecule has 7 heteroatoms. The molecular weight excluding hydrogens is 1020 g/mol. The van der Waals surface area contributed by atoms with Gasteiger partial charge in [-0.25, -0.2) is 0 Å². The molecular formula is C20H9I6N. The fourth-order valence-electron chi connectivity index (χ4n) is 2.66. The number of rotatable bonds is 2. The van der Waals surface area contributed by atoms with Gasteiger partial charge in [0.1, 0.15) is 0 Å². The van der Waals surface area contributed by atoms with Crippen LogP contribution in [0, 0.1) is 39.7 Å². The maximum Gasteiger partial charge on any atom is 0.0992 e. The van der Waals surface area contributed by atoms with Crippen LogP contribution in [0.4, 0.5) is 0 Å². The van der Waals surface area contributed by atoms with Gasteiger partial charge in [0.05, 0.1) is 11.6 Å². The summed E-state index contributed by atoms with van der Waals surface area (Å²) in [7, 11) is 0. The largest absolute Gasteiger partial charge is 0.192 e. The second-order valence-electron chi connectivity index (χ2n) is 5.78. The van der Waals surface area contributed by atoms with E-state index >= 15 is 0 Å². The van der Waals surface area contributed by atoms with E-state index in [1.54, 1.807) is 0 Å². The van der Waals surface area contributed by atoms with Gasteiger partial charge in [0.15, 0.2) is 0 Å². The Hall–Kier alpha value is 1.53. The van der Waals surface area contributed by atoms with Crippen molar-refractivity contribution in [1.82, 2.24) is 0 Å². The summed E-state index contributed by atoms with van der Waals surface area (Å²) >= 11 is 14.4. The first-order valence-corrected chi connectivity index (χ1v) is 14.1. The highest BCUT2D eigenvalue weighted by Gasteiger charge is 2.17. The van der Waals surface area contributed by atoms with E-state index in [-0.39, 0.29) is 0 Å². The van der Waals surface area contributed by atoms with Crippen LogP contribution in [0.25, 0.3) is 22.3 Å². The van der Waals surface area contributed by atoms with Crippen LogP contribution in [0.2, 0.25) is 0 Å². The Labute approximate surface area is 240 Å². The van der Waals surface area contributed by atoms with E-state index in [4.69, 9.17) is 0 Å². The lowest BCUT2D eigenvalue weighted by molar-refractivity contribution is 1.38. The van der Waals surface area contributed by atoms with E-state index in [2.05, 4.69) is 173 Å². The SMILES string of the molecule is Cc1c(I)cc(-c2ccc(-c3c(I)cc(C#N)cc3I)c(I)c2I)cc1I. The molecule has 0 amide bonds. The van der Waals surface area contributed by atoms with Crippen molar-refractivity contribution in [2.75, 3.05) is 0 Å². The zero-order valence-electron chi connectivity index (χ0n) is 13.7. The lowest BCUT2D eigenvalue weighted by Crippen LogP contribution is -1.97. The van der Waals surface area contributed by atoms with Crippen LogP contribution < -0.4 is 0 Å². The summed E-state index contributed by atoms with van der Waals surface area (Å²) in [6.07, 6.45) is 0. The Morgan fingerprint density at radius 1 is 0.704 bits per heavy atom. The summed E-state index contributed by atoms with van der Waals surface area (Å²) < 4.78 is 7.31. The van der Waals surface area contributed by atoms with Gasteiger partial charge in [0.25, 0.3) is 0 Å². The molecule has 0 aliphatic heterocycles. The number of benzene rings is 3. The lowest BCUT2D eigenvalue weighted by Gasteiger charge is -2.16. The fraction of sp³-hybridized carbons (Fsp3) is 0.0500. The summed E-state index contributed by atoms with van der Waals surface area (Å²) in [5.74, 6) is 0. The Morgan fingerprint density at radius 2 is 1.19 bits per heavy atom. The van der Waals surface area contributed by atoms with E-state index in [1.807, 2.05) is 12.1 Å². The Kier molecular flexibility index (Phi) is 8.40. The van der Waals surface area contributed by atoms with E-state index < -0.39 is 0 Å². The Balaban J connectivity index is 2.20. The summed E-state index contributed by atoms with van der Waals surface area (Å²) in [6.45, 7) is 2.17. The molecule has 3 rings (SSSR count). The minimum absolute atomic E-state index is 0.706. The van der Waals surface area contributed by atoms with Crippen LogP contribution in [0.5, 0.6) is 0 Å². The van der Waals surface area contributed by atoms with Crippen molar-refractivity contribution in [3.63, 3.8) is 0 Å². The monoisotopic (exact) mass is 1020 g/mol. The number of nitrogens with zero attached hydrogens (tertiary/aromatic N) is 1. The molecule has 0 atom stereocenters. The maximum atomic E-state index is 9.21. The lowest BCUT2D eigenvalue weighted by atomic mass is 9.99. The summed E-state index contributed by atoms with van der Waals surface area (Å²) in [5, 5.41) is 9.21. The van der Waals surface area contributed by atoms with Gasteiger partial charge >= 0.3 is 0 Å². The number of nitriles is 1. The number of halogens is 6. The summed E-state index contributed by atoms with van der Waals surface area (Å²) in [4.78, 5) is 0. The van der Waals surface area contributed by atoms with Crippen LogP contribution in [0.1, 0.15) is 11.1 Å². The van der Waals surface area contributed by atoms with Crippen molar-refractivity contribution < 1.29 is 0 Å². The van der Waals surface area contributed by atoms with E-state index in [0.717, 1.165) is 7.14 Å². The molecule has 0 aromatic heterocycles. The summed E-state index contributed by atoms with van der Waals surface area (Å²) in [5.41, 5.74) is 6.99. The van der Waals surface area contributed by atoms with E-state index in [1.165, 1.54) is 42.1 Å². The topological polar surface area (TPSA) is 23.8 Å². The molecule has 27 heavy (non-hydrogen) atoms. The molecule has 0 saturated carbocycles. The average molecular weight is 1020 g/mol. The predicted molar refractivity (Wildman–Crippen MR) is 163 cm³/mol. The first-order valence-electron chi connectivity index (χ1n) is 7.58. The molecule has 0 saturated heterocycles. The fourth-order valence-corrected chi connectivity index (χ4v) is 8.30. The molecule has 1 nitrogen and oxygen atoms in total. The number of hydrogen-bond donors (Lipinski definition) is 0. The second-order valence-corrected chi connectivity index (χ2v) is 12.6. The van der Waals surface area contributed by atoms with Crippen molar-refractivity contribution in [2.24, 2.45) is 0 Å². The average Bonchev–Trinajstić information content (AvgIpc) is 2.62. The van der Waals surface area contributed by atoms with E-state index in [9.17, 15) is 5.26 Å². The third kappa shape index (κ3) is 4.90. The third-order valence-corrected chi connectivity index (χ3v) is 11.3.